The van der Waals surface area contributed by atoms with Crippen LogP contribution in [0.2, 0.25) is 0 Å². The van der Waals surface area contributed by atoms with E-state index in [4.69, 9.17) is 4.74 Å². The average molecular weight is 467 g/mol. The maximum absolute atomic E-state index is 13.3. The number of thioether (sulfide) groups is 1. The van der Waals surface area contributed by atoms with Crippen molar-refractivity contribution in [2.24, 2.45) is 5.92 Å². The Bertz CT molecular complexity index is 1210. The first-order valence-electron chi connectivity index (χ1n) is 11.2. The minimum Gasteiger partial charge on any atom is -0.494 e. The molecule has 3 atom stereocenters. The number of hydrogen-bond donors (Lipinski definition) is 0. The zero-order chi connectivity index (χ0) is 22.9. The van der Waals surface area contributed by atoms with Gasteiger partial charge in [-0.2, -0.15) is 4.68 Å². The van der Waals surface area contributed by atoms with Gasteiger partial charge in [0.25, 0.3) is 5.56 Å². The van der Waals surface area contributed by atoms with Crippen LogP contribution in [0.25, 0.3) is 5.69 Å². The smallest absolute Gasteiger partial charge is 0.250 e. The van der Waals surface area contributed by atoms with Crippen LogP contribution >= 0.6 is 11.8 Å². The highest BCUT2D eigenvalue weighted by Crippen LogP contribution is 2.36. The van der Waals surface area contributed by atoms with Crippen molar-refractivity contribution in [2.75, 3.05) is 19.7 Å². The van der Waals surface area contributed by atoms with Gasteiger partial charge >= 0.3 is 0 Å². The lowest BCUT2D eigenvalue weighted by atomic mass is 9.83. The van der Waals surface area contributed by atoms with Gasteiger partial charge in [0.2, 0.25) is 11.1 Å². The molecule has 2 bridgehead atoms. The summed E-state index contributed by atoms with van der Waals surface area (Å²) >= 11 is 1.35. The maximum Gasteiger partial charge on any atom is 0.250 e. The van der Waals surface area contributed by atoms with Crippen molar-refractivity contribution in [3.8, 4) is 11.4 Å². The summed E-state index contributed by atoms with van der Waals surface area (Å²) in [6, 6.07) is 13.0. The lowest BCUT2D eigenvalue weighted by Gasteiger charge is -2.43. The third-order valence-electron chi connectivity index (χ3n) is 6.25. The molecule has 0 aliphatic carbocycles. The van der Waals surface area contributed by atoms with Crippen LogP contribution in [0.4, 0.5) is 0 Å². The Morgan fingerprint density at radius 2 is 2.00 bits per heavy atom. The summed E-state index contributed by atoms with van der Waals surface area (Å²) in [6.07, 6.45) is 1.02. The van der Waals surface area contributed by atoms with Crippen molar-refractivity contribution in [1.29, 1.82) is 0 Å². The van der Waals surface area contributed by atoms with E-state index in [1.165, 1.54) is 11.8 Å². The maximum atomic E-state index is 13.3. The zero-order valence-corrected chi connectivity index (χ0v) is 19.4. The number of aromatic nitrogens is 5. The Kier molecular flexibility index (Phi) is 5.92. The molecule has 1 saturated heterocycles. The molecule has 10 heteroatoms. The quantitative estimate of drug-likeness (QED) is 0.515. The van der Waals surface area contributed by atoms with Gasteiger partial charge in [-0.05, 0) is 66.9 Å². The Labute approximate surface area is 195 Å². The van der Waals surface area contributed by atoms with Crippen LogP contribution in [0.3, 0.4) is 0 Å². The van der Waals surface area contributed by atoms with Crippen molar-refractivity contribution >= 4 is 17.7 Å². The second-order valence-electron chi connectivity index (χ2n) is 8.50. The molecular weight excluding hydrogens is 440 g/mol. The Morgan fingerprint density at radius 1 is 1.18 bits per heavy atom. The minimum atomic E-state index is -0.339. The van der Waals surface area contributed by atoms with E-state index in [9.17, 15) is 9.59 Å². The van der Waals surface area contributed by atoms with Crippen LogP contribution in [0.1, 0.15) is 31.9 Å². The van der Waals surface area contributed by atoms with Gasteiger partial charge in [0.05, 0.1) is 17.5 Å². The fraction of sp³-hybridized carbons (Fsp3) is 0.435. The summed E-state index contributed by atoms with van der Waals surface area (Å²) in [5, 5.41) is 12.3. The van der Waals surface area contributed by atoms with Gasteiger partial charge in [-0.15, -0.1) is 5.10 Å². The number of tetrazole rings is 1. The van der Waals surface area contributed by atoms with E-state index in [0.717, 1.165) is 23.6 Å². The molecule has 5 rings (SSSR count). The van der Waals surface area contributed by atoms with Crippen molar-refractivity contribution in [1.82, 2.24) is 29.7 Å². The van der Waals surface area contributed by atoms with Crippen LogP contribution in [-0.4, -0.2) is 60.5 Å². The van der Waals surface area contributed by atoms with E-state index in [2.05, 4.69) is 15.5 Å². The number of benzene rings is 1. The van der Waals surface area contributed by atoms with Crippen molar-refractivity contribution in [2.45, 2.75) is 43.1 Å². The predicted molar refractivity (Wildman–Crippen MR) is 124 cm³/mol. The highest BCUT2D eigenvalue weighted by molar-refractivity contribution is 8.00. The van der Waals surface area contributed by atoms with Crippen LogP contribution < -0.4 is 10.3 Å². The van der Waals surface area contributed by atoms with Gasteiger partial charge in [-0.25, -0.2) is 0 Å². The first kappa shape index (κ1) is 21.7. The number of fused-ring (bicyclic) bond motifs is 4. The fourth-order valence-electron chi connectivity index (χ4n) is 4.81. The highest BCUT2D eigenvalue weighted by Gasteiger charge is 2.37. The summed E-state index contributed by atoms with van der Waals surface area (Å²) < 4.78 is 9.01. The summed E-state index contributed by atoms with van der Waals surface area (Å²) in [6.45, 7) is 6.42. The largest absolute Gasteiger partial charge is 0.494 e. The molecule has 1 aromatic carbocycles. The second-order valence-corrected chi connectivity index (χ2v) is 9.81. The summed E-state index contributed by atoms with van der Waals surface area (Å²) in [4.78, 5) is 27.5. The molecule has 33 heavy (non-hydrogen) atoms. The number of likely N-dealkylation sites (tertiary alicyclic amines) is 1. The molecule has 0 N–H and O–H groups in total. The van der Waals surface area contributed by atoms with Gasteiger partial charge in [0, 0.05) is 37.3 Å². The number of pyridine rings is 1. The van der Waals surface area contributed by atoms with Crippen molar-refractivity contribution in [3.63, 3.8) is 0 Å². The number of carbonyl (C=O) groups excluding carboxylic acids is 1. The van der Waals surface area contributed by atoms with Crippen molar-refractivity contribution < 1.29 is 9.53 Å². The molecule has 3 aromatic rings. The van der Waals surface area contributed by atoms with E-state index in [0.29, 0.717) is 37.3 Å². The molecule has 0 radical (unpaired) electrons. The molecule has 0 unspecified atom stereocenters. The lowest BCUT2D eigenvalue weighted by Crippen LogP contribution is -2.50. The molecule has 2 aliphatic heterocycles. The van der Waals surface area contributed by atoms with Crippen LogP contribution in [0.5, 0.6) is 5.75 Å². The van der Waals surface area contributed by atoms with E-state index in [1.54, 1.807) is 10.7 Å². The van der Waals surface area contributed by atoms with Gasteiger partial charge < -0.3 is 14.2 Å². The Hall–Kier alpha value is -3.14. The highest BCUT2D eigenvalue weighted by atomic mass is 32.2. The number of rotatable bonds is 6. The zero-order valence-electron chi connectivity index (χ0n) is 18.6. The predicted octanol–water partition coefficient (Wildman–Crippen LogP) is 2.35. The van der Waals surface area contributed by atoms with Gasteiger partial charge in [0.1, 0.15) is 5.75 Å². The standard InChI is InChI=1S/C23H26N6O3S/c1-3-32-19-9-7-18(8-10-19)29-23(24-25-26-29)33-15(2)22(31)27-12-16-11-17(14-27)20-5-4-6-21(30)28(20)13-16/h4-10,15-17H,3,11-14H2,1-2H3/t15-,16+,17-/m1/s1. The van der Waals surface area contributed by atoms with Crippen LogP contribution in [-0.2, 0) is 11.3 Å². The molecule has 0 spiro atoms. The normalized spacial score (nSPS) is 20.2. The van der Waals surface area contributed by atoms with E-state index < -0.39 is 0 Å². The number of nitrogens with zero attached hydrogens (tertiary/aromatic N) is 6. The SMILES string of the molecule is CCOc1ccc(-n2nnnc2S[C@H](C)C(=O)N2C[C@@H]3C[C@H](C2)c2cccc(=O)n2C3)cc1. The lowest BCUT2D eigenvalue weighted by molar-refractivity contribution is -0.133. The molecule has 172 valence electrons. The number of hydrogen-bond acceptors (Lipinski definition) is 7. The molecule has 2 aromatic heterocycles. The number of amides is 1. The molecule has 1 amide bonds. The average Bonchev–Trinajstić information content (AvgIpc) is 3.28. The summed E-state index contributed by atoms with van der Waals surface area (Å²) in [5.41, 5.74) is 1.89. The first-order valence-corrected chi connectivity index (χ1v) is 12.1. The summed E-state index contributed by atoms with van der Waals surface area (Å²) in [5.74, 6) is 1.35. The molecule has 2 aliphatic rings. The van der Waals surface area contributed by atoms with Crippen molar-refractivity contribution in [3.05, 3.63) is 58.5 Å². The Morgan fingerprint density at radius 3 is 2.79 bits per heavy atom. The van der Waals surface area contributed by atoms with E-state index in [-0.39, 0.29) is 22.6 Å². The molecule has 0 saturated carbocycles. The number of carbonyl (C=O) groups is 1. The van der Waals surface area contributed by atoms with Crippen LogP contribution in [0.15, 0.2) is 52.4 Å². The fourth-order valence-corrected chi connectivity index (χ4v) is 5.70. The van der Waals surface area contributed by atoms with Gasteiger partial charge in [-0.3, -0.25) is 9.59 Å². The Balaban J connectivity index is 1.29. The second kappa shape index (κ2) is 9.01. The first-order chi connectivity index (χ1) is 16.0. The van der Waals surface area contributed by atoms with Gasteiger partial charge in [0.15, 0.2) is 0 Å². The third kappa shape index (κ3) is 4.27. The van der Waals surface area contributed by atoms with Crippen LogP contribution in [0, 0.1) is 5.92 Å². The van der Waals surface area contributed by atoms with E-state index in [1.807, 2.05) is 59.7 Å². The van der Waals surface area contributed by atoms with E-state index >= 15 is 0 Å². The molecule has 9 nitrogen and oxygen atoms in total. The number of ether oxygens (including phenoxy) is 1. The monoisotopic (exact) mass is 466 g/mol. The molecule has 4 heterocycles. The number of piperidine rings is 1. The topological polar surface area (TPSA) is 95.1 Å². The van der Waals surface area contributed by atoms with Gasteiger partial charge in [-0.1, -0.05) is 17.8 Å². The molecular formula is C23H26N6O3S. The minimum absolute atomic E-state index is 0.0482. The molecule has 1 fully saturated rings. The summed E-state index contributed by atoms with van der Waals surface area (Å²) in [7, 11) is 0. The third-order valence-corrected chi connectivity index (χ3v) is 7.28.